The van der Waals surface area contributed by atoms with Gasteiger partial charge < -0.3 is 14.2 Å². The van der Waals surface area contributed by atoms with Gasteiger partial charge in [-0.3, -0.25) is 0 Å². The zero-order valence-electron chi connectivity index (χ0n) is 26.3. The number of unbranched alkanes of at least 4 members (excludes halogenated alkanes) is 11. The lowest BCUT2D eigenvalue weighted by Gasteiger charge is -2.28. The third-order valence-corrected chi connectivity index (χ3v) is 8.63. The Kier molecular flexibility index (Phi) is 16.5. The molecule has 0 spiro atoms. The number of benzene rings is 2. The summed E-state index contributed by atoms with van der Waals surface area (Å²) in [6.45, 7) is 5.78. The normalized spacial score (nSPS) is 16.7. The van der Waals surface area contributed by atoms with Gasteiger partial charge in [0.2, 0.25) is 0 Å². The van der Waals surface area contributed by atoms with E-state index in [9.17, 15) is 9.18 Å². The number of hydrogen-bond donors (Lipinski definition) is 0. The molecule has 1 aliphatic rings. The Morgan fingerprint density at radius 3 is 1.86 bits per heavy atom. The zero-order valence-corrected chi connectivity index (χ0v) is 26.3. The molecule has 5 heteroatoms. The molecular formula is C37H55FO4. The topological polar surface area (TPSA) is 44.8 Å². The average molecular weight is 583 g/mol. The lowest BCUT2D eigenvalue weighted by molar-refractivity contribution is 0.0729. The highest BCUT2D eigenvalue weighted by Gasteiger charge is 2.21. The van der Waals surface area contributed by atoms with E-state index in [1.54, 1.807) is 30.3 Å². The van der Waals surface area contributed by atoms with Crippen molar-refractivity contribution in [3.8, 4) is 17.2 Å². The van der Waals surface area contributed by atoms with Crippen LogP contribution in [-0.4, -0.2) is 19.2 Å². The van der Waals surface area contributed by atoms with Crippen LogP contribution in [0.3, 0.4) is 0 Å². The zero-order chi connectivity index (χ0) is 29.8. The van der Waals surface area contributed by atoms with Gasteiger partial charge in [-0.15, -0.1) is 0 Å². The molecule has 3 rings (SSSR count). The molecular weight excluding hydrogens is 527 g/mol. The van der Waals surface area contributed by atoms with E-state index in [0.717, 1.165) is 31.1 Å². The highest BCUT2D eigenvalue weighted by Crippen LogP contribution is 2.32. The first kappa shape index (κ1) is 33.9. The maximum atomic E-state index is 14.7. The van der Waals surface area contributed by atoms with Crippen LogP contribution in [0.15, 0.2) is 42.5 Å². The number of halogens is 1. The highest BCUT2D eigenvalue weighted by molar-refractivity contribution is 5.91. The van der Waals surface area contributed by atoms with Crippen molar-refractivity contribution < 1.29 is 23.4 Å². The maximum absolute atomic E-state index is 14.7. The fraction of sp³-hybridized carbons (Fsp3) is 0.649. The minimum atomic E-state index is -0.724. The summed E-state index contributed by atoms with van der Waals surface area (Å²) >= 11 is 0. The van der Waals surface area contributed by atoms with Crippen LogP contribution in [0.5, 0.6) is 17.2 Å². The average Bonchev–Trinajstić information content (AvgIpc) is 3.00. The van der Waals surface area contributed by atoms with Crippen LogP contribution in [-0.2, 0) is 0 Å². The van der Waals surface area contributed by atoms with Crippen LogP contribution < -0.4 is 14.2 Å². The fourth-order valence-electron chi connectivity index (χ4n) is 5.88. The molecule has 0 amide bonds. The summed E-state index contributed by atoms with van der Waals surface area (Å²) in [6.07, 6.45) is 23.0. The third kappa shape index (κ3) is 13.2. The van der Waals surface area contributed by atoms with Crippen molar-refractivity contribution in [3.05, 3.63) is 53.8 Å². The Morgan fingerprint density at radius 2 is 1.21 bits per heavy atom. The molecule has 4 nitrogen and oxygen atoms in total. The van der Waals surface area contributed by atoms with E-state index < -0.39 is 11.8 Å². The predicted molar refractivity (Wildman–Crippen MR) is 170 cm³/mol. The quantitative estimate of drug-likeness (QED) is 0.0834. The number of ether oxygens (including phenoxy) is 3. The van der Waals surface area contributed by atoms with Crippen molar-refractivity contribution in [2.24, 2.45) is 11.8 Å². The van der Waals surface area contributed by atoms with Crippen LogP contribution in [0.2, 0.25) is 0 Å². The first-order valence-electron chi connectivity index (χ1n) is 17.0. The van der Waals surface area contributed by atoms with Crippen LogP contribution in [0.1, 0.15) is 140 Å². The summed E-state index contributed by atoms with van der Waals surface area (Å²) in [7, 11) is 0. The number of rotatable bonds is 21. The lowest BCUT2D eigenvalue weighted by atomic mass is 9.80. The second kappa shape index (κ2) is 20.4. The maximum Gasteiger partial charge on any atom is 0.346 e. The number of esters is 1. The SMILES string of the molecule is CCCCCCCCCCCCOc1ccc(C(=O)Oc2ccc(OC[C@H]3CC[C@H](CCCCC)CC3)cc2)c(F)c1. The molecule has 0 aromatic heterocycles. The molecule has 0 saturated heterocycles. The minimum Gasteiger partial charge on any atom is -0.493 e. The number of carbonyl (C=O) groups excluding carboxylic acids is 1. The highest BCUT2D eigenvalue weighted by atomic mass is 19.1. The molecule has 0 bridgehead atoms. The molecule has 0 atom stereocenters. The van der Waals surface area contributed by atoms with Crippen molar-refractivity contribution in [3.63, 3.8) is 0 Å². The Morgan fingerprint density at radius 1 is 0.667 bits per heavy atom. The van der Waals surface area contributed by atoms with E-state index in [-0.39, 0.29) is 5.56 Å². The van der Waals surface area contributed by atoms with Gasteiger partial charge in [-0.05, 0) is 67.5 Å². The standard InChI is InChI=1S/C37H55FO4/c1-3-5-7-8-9-10-11-12-13-15-27-40-34-25-26-35(36(38)28-34)37(39)42-33-23-21-32(22-24-33)41-29-31-19-17-30(18-20-31)16-14-6-4-2/h21-26,28,30-31H,3-20,27,29H2,1-2H3/t30-,31-. The van der Waals surface area contributed by atoms with E-state index in [1.807, 2.05) is 0 Å². The molecule has 0 radical (unpaired) electrons. The molecule has 0 aliphatic heterocycles. The molecule has 2 aromatic rings. The van der Waals surface area contributed by atoms with Crippen molar-refractivity contribution in [2.75, 3.05) is 13.2 Å². The van der Waals surface area contributed by atoms with E-state index in [2.05, 4.69) is 13.8 Å². The molecule has 1 aliphatic carbocycles. The number of hydrogen-bond acceptors (Lipinski definition) is 4. The Bertz CT molecular complexity index is 997. The van der Waals surface area contributed by atoms with Gasteiger partial charge in [0.25, 0.3) is 0 Å². The lowest BCUT2D eigenvalue weighted by Crippen LogP contribution is -2.20. The van der Waals surface area contributed by atoms with Crippen LogP contribution in [0.4, 0.5) is 4.39 Å². The first-order chi connectivity index (χ1) is 20.6. The Hall–Kier alpha value is -2.56. The van der Waals surface area contributed by atoms with Crippen LogP contribution >= 0.6 is 0 Å². The van der Waals surface area contributed by atoms with Gasteiger partial charge in [0.1, 0.15) is 23.1 Å². The molecule has 0 N–H and O–H groups in total. The molecule has 42 heavy (non-hydrogen) atoms. The minimum absolute atomic E-state index is 0.105. The summed E-state index contributed by atoms with van der Waals surface area (Å²) in [5, 5.41) is 0. The Balaban J connectivity index is 1.30. The summed E-state index contributed by atoms with van der Waals surface area (Å²) in [6, 6.07) is 11.3. The molecule has 234 valence electrons. The second-order valence-corrected chi connectivity index (χ2v) is 12.2. The van der Waals surface area contributed by atoms with Gasteiger partial charge in [-0.2, -0.15) is 0 Å². The fourth-order valence-corrected chi connectivity index (χ4v) is 5.88. The number of carbonyl (C=O) groups is 1. The van der Waals surface area contributed by atoms with Gasteiger partial charge in [0.05, 0.1) is 18.8 Å². The molecule has 0 unspecified atom stereocenters. The molecule has 1 saturated carbocycles. The van der Waals surface area contributed by atoms with Gasteiger partial charge in [-0.1, -0.05) is 110 Å². The van der Waals surface area contributed by atoms with Gasteiger partial charge in [-0.25, -0.2) is 9.18 Å². The largest absolute Gasteiger partial charge is 0.493 e. The summed E-state index contributed by atoms with van der Waals surface area (Å²) in [5.74, 6) is 1.69. The van der Waals surface area contributed by atoms with E-state index in [1.165, 1.54) is 115 Å². The van der Waals surface area contributed by atoms with Crippen molar-refractivity contribution in [1.29, 1.82) is 0 Å². The first-order valence-corrected chi connectivity index (χ1v) is 17.0. The summed E-state index contributed by atoms with van der Waals surface area (Å²) in [5.41, 5.74) is -0.105. The molecule has 0 heterocycles. The van der Waals surface area contributed by atoms with Crippen molar-refractivity contribution >= 4 is 5.97 Å². The van der Waals surface area contributed by atoms with Gasteiger partial charge in [0, 0.05) is 6.07 Å². The Labute approximate surface area is 254 Å². The van der Waals surface area contributed by atoms with E-state index in [4.69, 9.17) is 14.2 Å². The van der Waals surface area contributed by atoms with Crippen molar-refractivity contribution in [1.82, 2.24) is 0 Å². The smallest absolute Gasteiger partial charge is 0.346 e. The molecule has 2 aromatic carbocycles. The summed E-state index contributed by atoms with van der Waals surface area (Å²) in [4.78, 5) is 12.6. The monoisotopic (exact) mass is 582 g/mol. The van der Waals surface area contributed by atoms with Crippen molar-refractivity contribution in [2.45, 2.75) is 129 Å². The second-order valence-electron chi connectivity index (χ2n) is 12.2. The molecule has 1 fully saturated rings. The third-order valence-electron chi connectivity index (χ3n) is 8.63. The van der Waals surface area contributed by atoms with Gasteiger partial charge in [0.15, 0.2) is 0 Å². The van der Waals surface area contributed by atoms with E-state index in [0.29, 0.717) is 24.0 Å². The van der Waals surface area contributed by atoms with Crippen LogP contribution in [0.25, 0.3) is 0 Å². The predicted octanol–water partition coefficient (Wildman–Crippen LogP) is 11.1. The van der Waals surface area contributed by atoms with Crippen LogP contribution in [0, 0.1) is 17.7 Å². The van der Waals surface area contributed by atoms with Gasteiger partial charge >= 0.3 is 5.97 Å². The summed E-state index contributed by atoms with van der Waals surface area (Å²) < 4.78 is 31.8. The van der Waals surface area contributed by atoms with E-state index >= 15 is 0 Å².